The van der Waals surface area contributed by atoms with Crippen LogP contribution in [-0.2, 0) is 14.8 Å². The molecule has 1 saturated heterocycles. The zero-order valence-electron chi connectivity index (χ0n) is 12.0. The molecule has 1 atom stereocenters. The number of sulfonamides is 1. The quantitative estimate of drug-likeness (QED) is 0.813. The zero-order valence-corrected chi connectivity index (χ0v) is 14.4. The Morgan fingerprint density at radius 3 is 2.73 bits per heavy atom. The Morgan fingerprint density at radius 1 is 1.50 bits per heavy atom. The molecule has 1 fully saturated rings. The third-order valence-electron chi connectivity index (χ3n) is 3.55. The van der Waals surface area contributed by atoms with Crippen LogP contribution in [0, 0.1) is 5.92 Å². The summed E-state index contributed by atoms with van der Waals surface area (Å²) in [7, 11) is -2.57. The summed E-state index contributed by atoms with van der Waals surface area (Å²) in [6.07, 6.45) is 0.719. The number of benzene rings is 1. The lowest BCUT2D eigenvalue weighted by molar-refractivity contribution is 0.0596. The van der Waals surface area contributed by atoms with Crippen molar-refractivity contribution in [3.05, 3.63) is 28.8 Å². The second kappa shape index (κ2) is 7.61. The summed E-state index contributed by atoms with van der Waals surface area (Å²) in [5.74, 6) is -0.584. The molecular formula is C13H18Cl2N2O4S. The highest BCUT2D eigenvalue weighted by Crippen LogP contribution is 2.28. The number of hydrogen-bond donors (Lipinski definition) is 1. The highest BCUT2D eigenvalue weighted by molar-refractivity contribution is 7.89. The fourth-order valence-electron chi connectivity index (χ4n) is 2.34. The first-order chi connectivity index (χ1) is 9.90. The molecule has 9 heteroatoms. The van der Waals surface area contributed by atoms with E-state index in [-0.39, 0.29) is 33.8 Å². The first-order valence-corrected chi connectivity index (χ1v) is 8.30. The van der Waals surface area contributed by atoms with Crippen LogP contribution in [0.4, 0.5) is 0 Å². The van der Waals surface area contributed by atoms with E-state index < -0.39 is 16.0 Å². The summed E-state index contributed by atoms with van der Waals surface area (Å²) in [6, 6.07) is 4.08. The van der Waals surface area contributed by atoms with E-state index in [0.29, 0.717) is 19.6 Å². The predicted molar refractivity (Wildman–Crippen MR) is 86.0 cm³/mol. The SMILES string of the molecule is COC(=O)c1cc(Cl)ccc1S(=O)(=O)N1CCC(CN)C1.Cl. The molecule has 1 unspecified atom stereocenters. The summed E-state index contributed by atoms with van der Waals surface area (Å²) in [5, 5.41) is 0.274. The molecule has 0 spiro atoms. The number of ether oxygens (including phenoxy) is 1. The van der Waals surface area contributed by atoms with E-state index in [0.717, 1.165) is 6.42 Å². The molecule has 1 aromatic rings. The Bertz CT molecular complexity index is 651. The smallest absolute Gasteiger partial charge is 0.339 e. The normalized spacial score (nSPS) is 18.8. The maximum Gasteiger partial charge on any atom is 0.339 e. The summed E-state index contributed by atoms with van der Waals surface area (Å²) in [4.78, 5) is 11.7. The van der Waals surface area contributed by atoms with E-state index in [9.17, 15) is 13.2 Å². The first kappa shape index (κ1) is 19.2. The Balaban J connectivity index is 0.00000242. The molecule has 1 heterocycles. The molecule has 124 valence electrons. The molecule has 0 bridgehead atoms. The molecule has 0 saturated carbocycles. The lowest BCUT2D eigenvalue weighted by atomic mass is 10.1. The molecule has 2 N–H and O–H groups in total. The van der Waals surface area contributed by atoms with Crippen molar-refractivity contribution < 1.29 is 17.9 Å². The summed E-state index contributed by atoms with van der Waals surface area (Å²) >= 11 is 5.84. The Morgan fingerprint density at radius 2 is 2.18 bits per heavy atom. The van der Waals surface area contributed by atoms with Gasteiger partial charge in [0, 0.05) is 18.1 Å². The molecule has 6 nitrogen and oxygen atoms in total. The average molecular weight is 369 g/mol. The van der Waals surface area contributed by atoms with Gasteiger partial charge >= 0.3 is 5.97 Å². The third-order valence-corrected chi connectivity index (χ3v) is 5.71. The molecule has 0 amide bonds. The standard InChI is InChI=1S/C13H17ClN2O4S.ClH/c1-20-13(17)11-6-10(14)2-3-12(11)21(18,19)16-5-4-9(7-15)8-16;/h2-3,6,9H,4-5,7-8,15H2,1H3;1H. The van der Waals surface area contributed by atoms with E-state index in [1.54, 1.807) is 0 Å². The van der Waals surface area contributed by atoms with Crippen LogP contribution in [0.2, 0.25) is 5.02 Å². The van der Waals surface area contributed by atoms with Gasteiger partial charge in [-0.1, -0.05) is 11.6 Å². The number of carbonyl (C=O) groups excluding carboxylic acids is 1. The van der Waals surface area contributed by atoms with Crippen molar-refractivity contribution in [2.75, 3.05) is 26.7 Å². The Kier molecular flexibility index (Phi) is 6.64. The van der Waals surface area contributed by atoms with Crippen LogP contribution in [0.3, 0.4) is 0 Å². The summed E-state index contributed by atoms with van der Waals surface area (Å²) < 4.78 is 31.3. The van der Waals surface area contributed by atoms with E-state index in [4.69, 9.17) is 17.3 Å². The monoisotopic (exact) mass is 368 g/mol. The average Bonchev–Trinajstić information content (AvgIpc) is 2.95. The van der Waals surface area contributed by atoms with E-state index >= 15 is 0 Å². The number of esters is 1. The fourth-order valence-corrected chi connectivity index (χ4v) is 4.21. The Labute approximate surface area is 141 Å². The van der Waals surface area contributed by atoms with Crippen molar-refractivity contribution in [3.8, 4) is 0 Å². The van der Waals surface area contributed by atoms with Crippen LogP contribution in [0.1, 0.15) is 16.8 Å². The molecule has 0 radical (unpaired) electrons. The fraction of sp³-hybridized carbons (Fsp3) is 0.462. The minimum Gasteiger partial charge on any atom is -0.465 e. The number of nitrogens with zero attached hydrogens (tertiary/aromatic N) is 1. The van der Waals surface area contributed by atoms with Crippen molar-refractivity contribution in [2.24, 2.45) is 11.7 Å². The number of halogens is 2. The van der Waals surface area contributed by atoms with E-state index in [1.807, 2.05) is 0 Å². The van der Waals surface area contributed by atoms with E-state index in [2.05, 4.69) is 4.74 Å². The molecule has 1 aliphatic rings. The predicted octanol–water partition coefficient (Wildman–Crippen LogP) is 1.52. The van der Waals surface area contributed by atoms with Crippen LogP contribution in [0.5, 0.6) is 0 Å². The topological polar surface area (TPSA) is 89.7 Å². The maximum absolute atomic E-state index is 12.7. The molecule has 1 aliphatic heterocycles. The molecule has 0 aliphatic carbocycles. The zero-order chi connectivity index (χ0) is 15.6. The lowest BCUT2D eigenvalue weighted by Gasteiger charge is -2.18. The van der Waals surface area contributed by atoms with Crippen LogP contribution >= 0.6 is 24.0 Å². The second-order valence-corrected chi connectivity index (χ2v) is 7.23. The third kappa shape index (κ3) is 3.72. The van der Waals surface area contributed by atoms with Crippen molar-refractivity contribution in [1.82, 2.24) is 4.31 Å². The van der Waals surface area contributed by atoms with Crippen LogP contribution in [0.25, 0.3) is 0 Å². The number of carbonyl (C=O) groups is 1. The van der Waals surface area contributed by atoms with Gasteiger partial charge in [0.05, 0.1) is 17.6 Å². The minimum atomic E-state index is -3.77. The lowest BCUT2D eigenvalue weighted by Crippen LogP contribution is -2.31. The van der Waals surface area contributed by atoms with Crippen LogP contribution in [0.15, 0.2) is 23.1 Å². The van der Waals surface area contributed by atoms with Gasteiger partial charge in [0.1, 0.15) is 0 Å². The Hall–Kier alpha value is -0.860. The van der Waals surface area contributed by atoms with Crippen molar-refractivity contribution >= 4 is 40.0 Å². The summed E-state index contributed by atoms with van der Waals surface area (Å²) in [5.41, 5.74) is 5.53. The maximum atomic E-state index is 12.7. The van der Waals surface area contributed by atoms with Crippen molar-refractivity contribution in [3.63, 3.8) is 0 Å². The van der Waals surface area contributed by atoms with Crippen LogP contribution in [-0.4, -0.2) is 45.4 Å². The number of rotatable bonds is 4. The molecule has 0 aromatic heterocycles. The van der Waals surface area contributed by atoms with Crippen LogP contribution < -0.4 is 5.73 Å². The van der Waals surface area contributed by atoms with Gasteiger partial charge in [-0.25, -0.2) is 13.2 Å². The number of methoxy groups -OCH3 is 1. The second-order valence-electron chi connectivity index (χ2n) is 4.89. The van der Waals surface area contributed by atoms with Gasteiger partial charge in [0.2, 0.25) is 10.0 Å². The van der Waals surface area contributed by atoms with Gasteiger partial charge in [0.25, 0.3) is 0 Å². The van der Waals surface area contributed by atoms with Gasteiger partial charge in [-0.05, 0) is 37.1 Å². The molecule has 1 aromatic carbocycles. The van der Waals surface area contributed by atoms with Crippen molar-refractivity contribution in [2.45, 2.75) is 11.3 Å². The highest BCUT2D eigenvalue weighted by atomic mass is 35.5. The minimum absolute atomic E-state index is 0. The largest absolute Gasteiger partial charge is 0.465 e. The highest BCUT2D eigenvalue weighted by Gasteiger charge is 2.34. The van der Waals surface area contributed by atoms with Gasteiger partial charge in [-0.2, -0.15) is 4.31 Å². The van der Waals surface area contributed by atoms with Crippen molar-refractivity contribution in [1.29, 1.82) is 0 Å². The summed E-state index contributed by atoms with van der Waals surface area (Å²) in [6.45, 7) is 1.20. The molecule has 22 heavy (non-hydrogen) atoms. The van der Waals surface area contributed by atoms with Gasteiger partial charge in [-0.3, -0.25) is 0 Å². The molecular weight excluding hydrogens is 351 g/mol. The van der Waals surface area contributed by atoms with Gasteiger partial charge < -0.3 is 10.5 Å². The van der Waals surface area contributed by atoms with Gasteiger partial charge in [0.15, 0.2) is 0 Å². The number of nitrogens with two attached hydrogens (primary N) is 1. The van der Waals surface area contributed by atoms with E-state index in [1.165, 1.54) is 29.6 Å². The van der Waals surface area contributed by atoms with Gasteiger partial charge in [-0.15, -0.1) is 12.4 Å². The number of hydrogen-bond acceptors (Lipinski definition) is 5. The first-order valence-electron chi connectivity index (χ1n) is 6.48. The molecule has 2 rings (SSSR count).